The number of ether oxygens (including phenoxy) is 1. The molecule has 1 aliphatic rings. The van der Waals surface area contributed by atoms with Crippen molar-refractivity contribution in [2.24, 2.45) is 0 Å². The lowest BCUT2D eigenvalue weighted by Crippen LogP contribution is -2.20. The molecule has 0 bridgehead atoms. The molecule has 3 nitrogen and oxygen atoms in total. The van der Waals surface area contributed by atoms with Crippen LogP contribution in [0.25, 0.3) is 10.9 Å². The van der Waals surface area contributed by atoms with E-state index in [1.165, 1.54) is 5.56 Å². The fraction of sp³-hybridized carbons (Fsp3) is 0.357. The van der Waals surface area contributed by atoms with Gasteiger partial charge in [-0.25, -0.2) is 0 Å². The molecular formula is C14H15ClN2O. The molecule has 0 amide bonds. The predicted molar refractivity (Wildman–Crippen MR) is 72.9 cm³/mol. The van der Waals surface area contributed by atoms with Gasteiger partial charge >= 0.3 is 0 Å². The first-order valence-electron chi connectivity index (χ1n) is 6.21. The number of aromatic nitrogens is 1. The second kappa shape index (κ2) is 5.22. The Morgan fingerprint density at radius 2 is 2.28 bits per heavy atom. The van der Waals surface area contributed by atoms with Gasteiger partial charge in [0.25, 0.3) is 0 Å². The number of benzene rings is 1. The molecule has 1 aromatic carbocycles. The molecule has 1 unspecified atom stereocenters. The van der Waals surface area contributed by atoms with Gasteiger partial charge in [0.1, 0.15) is 0 Å². The predicted octanol–water partition coefficient (Wildman–Crippen LogP) is 2.94. The van der Waals surface area contributed by atoms with Crippen molar-refractivity contribution in [1.82, 2.24) is 10.3 Å². The molecule has 1 N–H and O–H groups in total. The molecule has 2 aromatic rings. The van der Waals surface area contributed by atoms with Crippen molar-refractivity contribution in [2.45, 2.75) is 12.5 Å². The number of nitrogens with zero attached hydrogens (tertiary/aromatic N) is 1. The Balaban J connectivity index is 2.04. The molecule has 0 radical (unpaired) electrons. The zero-order valence-electron chi connectivity index (χ0n) is 10.0. The van der Waals surface area contributed by atoms with Gasteiger partial charge in [-0.15, -0.1) is 0 Å². The SMILES string of the molecule is Clc1ccc2c(C3CNCCCO3)ccnc2c1. The summed E-state index contributed by atoms with van der Waals surface area (Å²) in [5.74, 6) is 0. The first kappa shape index (κ1) is 11.9. The van der Waals surface area contributed by atoms with Crippen LogP contribution in [0.2, 0.25) is 5.02 Å². The first-order chi connectivity index (χ1) is 8.84. The Morgan fingerprint density at radius 3 is 3.22 bits per heavy atom. The fourth-order valence-electron chi connectivity index (χ4n) is 2.34. The third kappa shape index (κ3) is 2.34. The summed E-state index contributed by atoms with van der Waals surface area (Å²) < 4.78 is 5.90. The Morgan fingerprint density at radius 1 is 1.33 bits per heavy atom. The lowest BCUT2D eigenvalue weighted by molar-refractivity contribution is 0.0678. The minimum absolute atomic E-state index is 0.0965. The van der Waals surface area contributed by atoms with Crippen LogP contribution in [-0.4, -0.2) is 24.7 Å². The molecule has 1 fully saturated rings. The van der Waals surface area contributed by atoms with Crippen LogP contribution in [0, 0.1) is 0 Å². The minimum Gasteiger partial charge on any atom is -0.372 e. The van der Waals surface area contributed by atoms with Gasteiger partial charge in [0.05, 0.1) is 11.6 Å². The number of hydrogen-bond acceptors (Lipinski definition) is 3. The summed E-state index contributed by atoms with van der Waals surface area (Å²) >= 11 is 6.00. The Bertz CT molecular complexity index is 550. The average molecular weight is 263 g/mol. The molecule has 94 valence electrons. The van der Waals surface area contributed by atoms with E-state index < -0.39 is 0 Å². The number of hydrogen-bond donors (Lipinski definition) is 1. The molecule has 1 atom stereocenters. The van der Waals surface area contributed by atoms with Crippen molar-refractivity contribution < 1.29 is 4.74 Å². The van der Waals surface area contributed by atoms with E-state index in [0.717, 1.165) is 37.0 Å². The summed E-state index contributed by atoms with van der Waals surface area (Å²) in [6.07, 6.45) is 2.98. The maximum atomic E-state index is 6.00. The summed E-state index contributed by atoms with van der Waals surface area (Å²) in [5, 5.41) is 5.24. The Kier molecular flexibility index (Phi) is 3.46. The lowest BCUT2D eigenvalue weighted by atomic mass is 10.0. The van der Waals surface area contributed by atoms with Gasteiger partial charge in [-0.3, -0.25) is 4.98 Å². The molecule has 2 heterocycles. The normalized spacial score (nSPS) is 20.8. The molecule has 1 saturated heterocycles. The van der Waals surface area contributed by atoms with Crippen LogP contribution in [0.5, 0.6) is 0 Å². The van der Waals surface area contributed by atoms with E-state index in [1.807, 2.05) is 30.5 Å². The van der Waals surface area contributed by atoms with Crippen LogP contribution in [0.15, 0.2) is 30.5 Å². The molecule has 0 aliphatic carbocycles. The van der Waals surface area contributed by atoms with Crippen LogP contribution in [0.4, 0.5) is 0 Å². The van der Waals surface area contributed by atoms with E-state index in [0.29, 0.717) is 5.02 Å². The minimum atomic E-state index is 0.0965. The summed E-state index contributed by atoms with van der Waals surface area (Å²) in [6.45, 7) is 2.67. The first-order valence-corrected chi connectivity index (χ1v) is 6.59. The third-order valence-electron chi connectivity index (χ3n) is 3.23. The fourth-order valence-corrected chi connectivity index (χ4v) is 2.51. The zero-order valence-corrected chi connectivity index (χ0v) is 10.8. The van der Waals surface area contributed by atoms with Gasteiger partial charge in [-0.2, -0.15) is 0 Å². The number of rotatable bonds is 1. The molecule has 0 saturated carbocycles. The quantitative estimate of drug-likeness (QED) is 0.858. The summed E-state index contributed by atoms with van der Waals surface area (Å²) in [5.41, 5.74) is 2.11. The maximum absolute atomic E-state index is 6.00. The highest BCUT2D eigenvalue weighted by molar-refractivity contribution is 6.31. The van der Waals surface area contributed by atoms with E-state index in [4.69, 9.17) is 16.3 Å². The van der Waals surface area contributed by atoms with Crippen LogP contribution in [-0.2, 0) is 4.74 Å². The van der Waals surface area contributed by atoms with E-state index in [2.05, 4.69) is 10.3 Å². The van der Waals surface area contributed by atoms with Gasteiger partial charge in [0.15, 0.2) is 0 Å². The molecule has 0 spiro atoms. The van der Waals surface area contributed by atoms with E-state index in [1.54, 1.807) is 0 Å². The standard InChI is InChI=1S/C14H15ClN2O/c15-10-2-3-11-12(4-6-17-13(11)8-10)14-9-16-5-1-7-18-14/h2-4,6,8,14,16H,1,5,7,9H2. The number of halogens is 1. The van der Waals surface area contributed by atoms with E-state index in [-0.39, 0.29) is 6.10 Å². The third-order valence-corrected chi connectivity index (χ3v) is 3.47. The number of pyridine rings is 1. The topological polar surface area (TPSA) is 34.1 Å². The second-order valence-electron chi connectivity index (χ2n) is 4.48. The summed E-state index contributed by atoms with van der Waals surface area (Å²) in [4.78, 5) is 4.36. The summed E-state index contributed by atoms with van der Waals surface area (Å²) in [7, 11) is 0. The molecule has 1 aliphatic heterocycles. The average Bonchev–Trinajstić information content (AvgIpc) is 2.66. The van der Waals surface area contributed by atoms with Crippen LogP contribution < -0.4 is 5.32 Å². The second-order valence-corrected chi connectivity index (χ2v) is 4.92. The van der Waals surface area contributed by atoms with E-state index in [9.17, 15) is 0 Å². The maximum Gasteiger partial charge on any atom is 0.0956 e. The van der Waals surface area contributed by atoms with Crippen LogP contribution >= 0.6 is 11.6 Å². The molecule has 1 aromatic heterocycles. The Hall–Kier alpha value is -1.16. The van der Waals surface area contributed by atoms with Gasteiger partial charge < -0.3 is 10.1 Å². The summed E-state index contributed by atoms with van der Waals surface area (Å²) in [6, 6.07) is 7.85. The van der Waals surface area contributed by atoms with Crippen molar-refractivity contribution >= 4 is 22.5 Å². The highest BCUT2D eigenvalue weighted by atomic mass is 35.5. The van der Waals surface area contributed by atoms with Gasteiger partial charge in [-0.1, -0.05) is 17.7 Å². The van der Waals surface area contributed by atoms with Gasteiger partial charge in [0.2, 0.25) is 0 Å². The molecule has 4 heteroatoms. The van der Waals surface area contributed by atoms with E-state index >= 15 is 0 Å². The molecular weight excluding hydrogens is 248 g/mol. The molecule has 18 heavy (non-hydrogen) atoms. The largest absolute Gasteiger partial charge is 0.372 e. The van der Waals surface area contributed by atoms with Crippen molar-refractivity contribution in [2.75, 3.05) is 19.7 Å². The van der Waals surface area contributed by atoms with Crippen molar-refractivity contribution in [3.63, 3.8) is 0 Å². The highest BCUT2D eigenvalue weighted by Crippen LogP contribution is 2.27. The van der Waals surface area contributed by atoms with Crippen molar-refractivity contribution in [1.29, 1.82) is 0 Å². The number of fused-ring (bicyclic) bond motifs is 1. The van der Waals surface area contributed by atoms with Crippen LogP contribution in [0.1, 0.15) is 18.1 Å². The van der Waals surface area contributed by atoms with Crippen LogP contribution in [0.3, 0.4) is 0 Å². The van der Waals surface area contributed by atoms with Crippen molar-refractivity contribution in [3.05, 3.63) is 41.0 Å². The lowest BCUT2D eigenvalue weighted by Gasteiger charge is -2.17. The smallest absolute Gasteiger partial charge is 0.0956 e. The highest BCUT2D eigenvalue weighted by Gasteiger charge is 2.17. The zero-order chi connectivity index (χ0) is 12.4. The Labute approximate surface area is 111 Å². The number of nitrogens with one attached hydrogen (secondary N) is 1. The van der Waals surface area contributed by atoms with Gasteiger partial charge in [-0.05, 0) is 36.7 Å². The van der Waals surface area contributed by atoms with Crippen molar-refractivity contribution in [3.8, 4) is 0 Å². The monoisotopic (exact) mass is 262 g/mol. The van der Waals surface area contributed by atoms with Gasteiger partial charge in [0, 0.05) is 29.8 Å². The molecule has 3 rings (SSSR count).